The van der Waals surface area contributed by atoms with Crippen LogP contribution in [0, 0.1) is 11.8 Å². The van der Waals surface area contributed by atoms with Gasteiger partial charge in [-0.15, -0.1) is 0 Å². The molecule has 0 aliphatic rings. The molecule has 0 aliphatic heterocycles. The Morgan fingerprint density at radius 2 is 2.14 bits per heavy atom. The van der Waals surface area contributed by atoms with Gasteiger partial charge in [-0.1, -0.05) is 11.8 Å². The number of methoxy groups -OCH3 is 1. The lowest BCUT2D eigenvalue weighted by atomic mass is 10.1. The number of benzene rings is 1. The fourth-order valence-corrected chi connectivity index (χ4v) is 2.11. The van der Waals surface area contributed by atoms with Crippen molar-refractivity contribution in [2.75, 3.05) is 26.8 Å². The maximum absolute atomic E-state index is 9.03. The smallest absolute Gasteiger partial charge is 0.119 e. The van der Waals surface area contributed by atoms with E-state index in [1.807, 2.05) is 18.2 Å². The van der Waals surface area contributed by atoms with Gasteiger partial charge in [-0.25, -0.2) is 0 Å². The zero-order chi connectivity index (χ0) is 15.7. The van der Waals surface area contributed by atoms with Crippen LogP contribution in [0.3, 0.4) is 0 Å². The lowest BCUT2D eigenvalue weighted by Gasteiger charge is -2.27. The Balaban J connectivity index is 3.00. The van der Waals surface area contributed by atoms with Crippen molar-refractivity contribution in [1.82, 2.24) is 4.90 Å². The van der Waals surface area contributed by atoms with E-state index in [0.29, 0.717) is 12.6 Å². The van der Waals surface area contributed by atoms with Crippen LogP contribution in [0.25, 0.3) is 0 Å². The molecule has 1 rings (SSSR count). The van der Waals surface area contributed by atoms with E-state index < -0.39 is 0 Å². The van der Waals surface area contributed by atoms with E-state index in [9.17, 15) is 0 Å². The summed E-state index contributed by atoms with van der Waals surface area (Å²) in [7, 11) is 1.66. The molecule has 0 heterocycles. The fourth-order valence-electron chi connectivity index (χ4n) is 2.11. The van der Waals surface area contributed by atoms with Crippen molar-refractivity contribution >= 4 is 0 Å². The maximum atomic E-state index is 9.03. The molecule has 0 radical (unpaired) electrons. The van der Waals surface area contributed by atoms with E-state index in [0.717, 1.165) is 36.4 Å². The highest BCUT2D eigenvalue weighted by Crippen LogP contribution is 2.20. The molecule has 0 saturated carbocycles. The molecule has 4 nitrogen and oxygen atoms in total. The third-order valence-electron chi connectivity index (χ3n) is 3.34. The van der Waals surface area contributed by atoms with Crippen LogP contribution < -0.4 is 10.5 Å². The lowest BCUT2D eigenvalue weighted by molar-refractivity contribution is 0.184. The third-order valence-corrected chi connectivity index (χ3v) is 3.34. The van der Waals surface area contributed by atoms with E-state index in [4.69, 9.17) is 15.6 Å². The molecule has 0 amide bonds. The predicted octanol–water partition coefficient (Wildman–Crippen LogP) is 1.60. The molecule has 4 heteroatoms. The second-order valence-corrected chi connectivity index (χ2v) is 5.17. The highest BCUT2D eigenvalue weighted by molar-refractivity contribution is 5.45. The Bertz CT molecular complexity index is 489. The normalized spacial score (nSPS) is 10.6. The number of nitrogens with two attached hydrogens (primary N) is 1. The van der Waals surface area contributed by atoms with Crippen molar-refractivity contribution in [3.05, 3.63) is 29.3 Å². The standard InChI is InChI=1S/C17H26N2O2/c1-14(2)19(10-5-11-20)13-16-12-17(21-3)8-7-15(16)6-4-9-18/h7-8,12,14,20H,5,9-11,13,18H2,1-3H3. The zero-order valence-corrected chi connectivity index (χ0v) is 13.2. The summed E-state index contributed by atoms with van der Waals surface area (Å²) in [6.45, 7) is 6.51. The van der Waals surface area contributed by atoms with Gasteiger partial charge in [0.05, 0.1) is 13.7 Å². The minimum atomic E-state index is 0.209. The van der Waals surface area contributed by atoms with Gasteiger partial charge in [-0.2, -0.15) is 0 Å². The van der Waals surface area contributed by atoms with E-state index in [1.165, 1.54) is 0 Å². The molecule has 0 bridgehead atoms. The molecule has 0 fully saturated rings. The van der Waals surface area contributed by atoms with E-state index in [-0.39, 0.29) is 6.61 Å². The van der Waals surface area contributed by atoms with Gasteiger partial charge in [0.1, 0.15) is 5.75 Å². The van der Waals surface area contributed by atoms with Gasteiger partial charge in [0.2, 0.25) is 0 Å². The summed E-state index contributed by atoms with van der Waals surface area (Å²) in [6, 6.07) is 6.31. The van der Waals surface area contributed by atoms with Crippen molar-refractivity contribution in [2.45, 2.75) is 32.9 Å². The van der Waals surface area contributed by atoms with Crippen molar-refractivity contribution in [1.29, 1.82) is 0 Å². The van der Waals surface area contributed by atoms with Crippen LogP contribution in [0.4, 0.5) is 0 Å². The Hall–Kier alpha value is -1.54. The highest BCUT2D eigenvalue weighted by Gasteiger charge is 2.12. The summed E-state index contributed by atoms with van der Waals surface area (Å²) in [5.41, 5.74) is 7.57. The summed E-state index contributed by atoms with van der Waals surface area (Å²) >= 11 is 0. The molecule has 0 spiro atoms. The lowest BCUT2D eigenvalue weighted by Crippen LogP contribution is -2.32. The molecule has 116 valence electrons. The number of nitrogens with zero attached hydrogens (tertiary/aromatic N) is 1. The first-order valence-corrected chi connectivity index (χ1v) is 7.33. The molecule has 0 aliphatic carbocycles. The number of aliphatic hydroxyl groups excluding tert-OH is 1. The minimum Gasteiger partial charge on any atom is -0.497 e. The average Bonchev–Trinajstić information content (AvgIpc) is 2.49. The van der Waals surface area contributed by atoms with Crippen LogP contribution in [0.2, 0.25) is 0 Å². The molecule has 21 heavy (non-hydrogen) atoms. The number of hydrogen-bond acceptors (Lipinski definition) is 4. The van der Waals surface area contributed by atoms with Crippen molar-refractivity contribution in [2.24, 2.45) is 5.73 Å². The maximum Gasteiger partial charge on any atom is 0.119 e. The first-order valence-electron chi connectivity index (χ1n) is 7.33. The molecule has 1 aromatic carbocycles. The first kappa shape index (κ1) is 17.5. The second-order valence-electron chi connectivity index (χ2n) is 5.17. The Morgan fingerprint density at radius 3 is 2.71 bits per heavy atom. The first-order chi connectivity index (χ1) is 10.1. The summed E-state index contributed by atoms with van der Waals surface area (Å²) in [6.07, 6.45) is 0.770. The van der Waals surface area contributed by atoms with E-state index >= 15 is 0 Å². The largest absolute Gasteiger partial charge is 0.497 e. The zero-order valence-electron chi connectivity index (χ0n) is 13.2. The number of ether oxygens (including phenoxy) is 1. The summed E-state index contributed by atoms with van der Waals surface area (Å²) < 4.78 is 5.31. The van der Waals surface area contributed by atoms with Crippen LogP contribution in [-0.4, -0.2) is 42.9 Å². The Morgan fingerprint density at radius 1 is 1.38 bits per heavy atom. The average molecular weight is 290 g/mol. The molecule has 0 aromatic heterocycles. The van der Waals surface area contributed by atoms with Crippen molar-refractivity contribution in [3.8, 4) is 17.6 Å². The molecule has 1 aromatic rings. The monoisotopic (exact) mass is 290 g/mol. The molecular weight excluding hydrogens is 264 g/mol. The van der Waals surface area contributed by atoms with Crippen molar-refractivity contribution < 1.29 is 9.84 Å². The highest BCUT2D eigenvalue weighted by atomic mass is 16.5. The van der Waals surface area contributed by atoms with Gasteiger partial charge in [0, 0.05) is 31.3 Å². The SMILES string of the molecule is COc1ccc(C#CCN)c(CN(CCCO)C(C)C)c1. The van der Waals surface area contributed by atoms with Gasteiger partial charge in [-0.05, 0) is 44.0 Å². The Labute approximate surface area is 127 Å². The van der Waals surface area contributed by atoms with Crippen LogP contribution >= 0.6 is 0 Å². The third kappa shape index (κ3) is 5.76. The number of rotatable bonds is 7. The number of aliphatic hydroxyl groups is 1. The van der Waals surface area contributed by atoms with Crippen LogP contribution in [0.5, 0.6) is 5.75 Å². The fraction of sp³-hybridized carbons (Fsp3) is 0.529. The number of hydrogen-bond donors (Lipinski definition) is 2. The summed E-state index contributed by atoms with van der Waals surface area (Å²) in [5.74, 6) is 6.85. The Kier molecular flexibility index (Phi) is 7.84. The molecular formula is C17H26N2O2. The van der Waals surface area contributed by atoms with Gasteiger partial charge in [-0.3, -0.25) is 4.90 Å². The summed E-state index contributed by atoms with van der Waals surface area (Å²) in [4.78, 5) is 2.32. The van der Waals surface area contributed by atoms with Crippen LogP contribution in [0.1, 0.15) is 31.4 Å². The van der Waals surface area contributed by atoms with Gasteiger partial charge < -0.3 is 15.6 Å². The van der Waals surface area contributed by atoms with Crippen molar-refractivity contribution in [3.63, 3.8) is 0 Å². The van der Waals surface area contributed by atoms with Gasteiger partial charge in [0.15, 0.2) is 0 Å². The summed E-state index contributed by atoms with van der Waals surface area (Å²) in [5, 5.41) is 9.03. The van der Waals surface area contributed by atoms with E-state index in [2.05, 4.69) is 30.6 Å². The molecule has 0 unspecified atom stereocenters. The predicted molar refractivity (Wildman–Crippen MR) is 86.2 cm³/mol. The molecule has 3 N–H and O–H groups in total. The topological polar surface area (TPSA) is 58.7 Å². The van der Waals surface area contributed by atoms with Crippen LogP contribution in [-0.2, 0) is 6.54 Å². The van der Waals surface area contributed by atoms with Crippen LogP contribution in [0.15, 0.2) is 18.2 Å². The molecule has 0 saturated heterocycles. The molecule has 0 atom stereocenters. The van der Waals surface area contributed by atoms with Gasteiger partial charge >= 0.3 is 0 Å². The second kappa shape index (κ2) is 9.41. The van der Waals surface area contributed by atoms with E-state index in [1.54, 1.807) is 7.11 Å². The quantitative estimate of drug-likeness (QED) is 0.749. The minimum absolute atomic E-state index is 0.209. The van der Waals surface area contributed by atoms with Gasteiger partial charge in [0.25, 0.3) is 0 Å².